The Bertz CT molecular complexity index is 665. The van der Waals surface area contributed by atoms with Crippen molar-refractivity contribution in [3.05, 3.63) is 66.6 Å². The Morgan fingerprint density at radius 3 is 2.78 bits per heavy atom. The number of benzene rings is 1. The molecule has 0 fully saturated rings. The zero-order valence-corrected chi connectivity index (χ0v) is 12.6. The van der Waals surface area contributed by atoms with Gasteiger partial charge in [0.15, 0.2) is 6.61 Å². The molecule has 0 bridgehead atoms. The number of anilines is 1. The third kappa shape index (κ3) is 5.03. The minimum absolute atomic E-state index is 0.331. The van der Waals surface area contributed by atoms with Gasteiger partial charge < -0.3 is 19.8 Å². The van der Waals surface area contributed by atoms with Crippen LogP contribution in [0.5, 0.6) is 0 Å². The van der Waals surface area contributed by atoms with E-state index in [0.717, 1.165) is 5.76 Å². The lowest BCUT2D eigenvalue weighted by atomic mass is 10.2. The average Bonchev–Trinajstić information content (AvgIpc) is 3.09. The van der Waals surface area contributed by atoms with E-state index in [4.69, 9.17) is 9.15 Å². The van der Waals surface area contributed by atoms with Gasteiger partial charge in [-0.1, -0.05) is 18.2 Å². The molecule has 0 aliphatic carbocycles. The first-order valence-electron chi connectivity index (χ1n) is 7.10. The van der Waals surface area contributed by atoms with Crippen LogP contribution < -0.4 is 10.6 Å². The molecule has 1 aromatic carbocycles. The summed E-state index contributed by atoms with van der Waals surface area (Å²) in [7, 11) is 0. The van der Waals surface area contributed by atoms with Crippen molar-refractivity contribution in [1.82, 2.24) is 5.32 Å². The van der Waals surface area contributed by atoms with Crippen molar-refractivity contribution < 1.29 is 18.7 Å². The Kier molecular flexibility index (Phi) is 5.99. The van der Waals surface area contributed by atoms with Crippen molar-refractivity contribution in [2.45, 2.75) is 6.54 Å². The van der Waals surface area contributed by atoms with Crippen molar-refractivity contribution in [1.29, 1.82) is 0 Å². The van der Waals surface area contributed by atoms with E-state index in [-0.39, 0.29) is 12.5 Å². The number of furan rings is 1. The number of carbonyl (C=O) groups excluding carboxylic acids is 2. The van der Waals surface area contributed by atoms with Crippen LogP contribution in [0.3, 0.4) is 0 Å². The van der Waals surface area contributed by atoms with Gasteiger partial charge >= 0.3 is 5.97 Å². The summed E-state index contributed by atoms with van der Waals surface area (Å²) in [6, 6.07) is 10.5. The molecule has 120 valence electrons. The maximum absolute atomic E-state index is 12.1. The average molecular weight is 314 g/mol. The number of carbonyl (C=O) groups is 2. The molecule has 2 aromatic rings. The first-order valence-corrected chi connectivity index (χ1v) is 7.10. The quantitative estimate of drug-likeness (QED) is 0.577. The number of amides is 1. The van der Waals surface area contributed by atoms with Crippen LogP contribution in [0.2, 0.25) is 0 Å². The van der Waals surface area contributed by atoms with Crippen molar-refractivity contribution in [3.8, 4) is 0 Å². The number of ether oxygens (including phenoxy) is 1. The van der Waals surface area contributed by atoms with Crippen molar-refractivity contribution in [2.75, 3.05) is 18.5 Å². The van der Waals surface area contributed by atoms with Crippen LogP contribution in [-0.2, 0) is 16.1 Å². The monoisotopic (exact) mass is 314 g/mol. The maximum atomic E-state index is 12.1. The van der Waals surface area contributed by atoms with Gasteiger partial charge in [-0.05, 0) is 24.3 Å². The second-order valence-electron chi connectivity index (χ2n) is 4.65. The predicted molar refractivity (Wildman–Crippen MR) is 86.0 cm³/mol. The maximum Gasteiger partial charge on any atom is 0.340 e. The Morgan fingerprint density at radius 1 is 1.22 bits per heavy atom. The topological polar surface area (TPSA) is 80.6 Å². The molecule has 0 unspecified atom stereocenters. The van der Waals surface area contributed by atoms with E-state index in [1.165, 1.54) is 0 Å². The lowest BCUT2D eigenvalue weighted by Crippen LogP contribution is -2.28. The Morgan fingerprint density at radius 2 is 2.04 bits per heavy atom. The fourth-order valence-corrected chi connectivity index (χ4v) is 1.86. The molecule has 0 saturated carbocycles. The molecular formula is C17H18N2O4. The summed E-state index contributed by atoms with van der Waals surface area (Å²) < 4.78 is 10.2. The Hall–Kier alpha value is -3.02. The van der Waals surface area contributed by atoms with Crippen molar-refractivity contribution >= 4 is 17.6 Å². The molecule has 6 nitrogen and oxygen atoms in total. The molecule has 0 atom stereocenters. The van der Waals surface area contributed by atoms with Crippen molar-refractivity contribution in [2.24, 2.45) is 0 Å². The molecule has 1 amide bonds. The number of nitrogens with one attached hydrogen (secondary N) is 2. The number of hydrogen-bond donors (Lipinski definition) is 2. The number of para-hydroxylation sites is 1. The van der Waals surface area contributed by atoms with E-state index in [0.29, 0.717) is 24.3 Å². The van der Waals surface area contributed by atoms with E-state index in [1.54, 1.807) is 42.7 Å². The summed E-state index contributed by atoms with van der Waals surface area (Å²) in [6.07, 6.45) is 3.13. The summed E-state index contributed by atoms with van der Waals surface area (Å²) in [5, 5.41) is 5.65. The summed E-state index contributed by atoms with van der Waals surface area (Å²) in [5.74, 6) is -0.197. The van der Waals surface area contributed by atoms with E-state index in [2.05, 4.69) is 17.2 Å². The molecule has 23 heavy (non-hydrogen) atoms. The molecule has 0 radical (unpaired) electrons. The van der Waals surface area contributed by atoms with Gasteiger partial charge in [0.1, 0.15) is 5.76 Å². The van der Waals surface area contributed by atoms with Crippen LogP contribution in [-0.4, -0.2) is 25.0 Å². The van der Waals surface area contributed by atoms with E-state index >= 15 is 0 Å². The zero-order chi connectivity index (χ0) is 16.5. The van der Waals surface area contributed by atoms with Gasteiger partial charge in [-0.25, -0.2) is 4.79 Å². The molecule has 0 aliphatic rings. The first-order chi connectivity index (χ1) is 11.2. The number of rotatable bonds is 8. The lowest BCUT2D eigenvalue weighted by molar-refractivity contribution is -0.124. The van der Waals surface area contributed by atoms with Crippen LogP contribution in [0.1, 0.15) is 16.1 Å². The highest BCUT2D eigenvalue weighted by atomic mass is 16.5. The fraction of sp³-hybridized carbons (Fsp3) is 0.176. The third-order valence-corrected chi connectivity index (χ3v) is 2.96. The fourth-order valence-electron chi connectivity index (χ4n) is 1.86. The first kappa shape index (κ1) is 16.4. The second kappa shape index (κ2) is 8.43. The van der Waals surface area contributed by atoms with Gasteiger partial charge in [0.25, 0.3) is 5.91 Å². The Labute approximate surface area is 134 Å². The molecule has 1 heterocycles. The molecule has 0 aliphatic heterocycles. The smallest absolute Gasteiger partial charge is 0.340 e. The van der Waals surface area contributed by atoms with Gasteiger partial charge in [-0.15, -0.1) is 6.58 Å². The van der Waals surface area contributed by atoms with Crippen molar-refractivity contribution in [3.63, 3.8) is 0 Å². The second-order valence-corrected chi connectivity index (χ2v) is 4.65. The highest BCUT2D eigenvalue weighted by Gasteiger charge is 2.14. The van der Waals surface area contributed by atoms with Gasteiger partial charge in [-0.3, -0.25) is 4.79 Å². The summed E-state index contributed by atoms with van der Waals surface area (Å²) in [6.45, 7) is 3.93. The normalized spacial score (nSPS) is 9.91. The van der Waals surface area contributed by atoms with Crippen LogP contribution in [0.25, 0.3) is 0 Å². The SMILES string of the molecule is C=CCNC(=O)COC(=O)c1ccccc1NCc1ccco1. The molecule has 6 heteroatoms. The van der Waals surface area contributed by atoms with Gasteiger partial charge in [0, 0.05) is 12.2 Å². The highest BCUT2D eigenvalue weighted by Crippen LogP contribution is 2.17. The molecule has 0 spiro atoms. The molecule has 2 N–H and O–H groups in total. The minimum atomic E-state index is -0.568. The standard InChI is InChI=1S/C17H18N2O4/c1-2-9-18-16(20)12-23-17(21)14-7-3-4-8-15(14)19-11-13-6-5-10-22-13/h2-8,10,19H,1,9,11-12H2,(H,18,20). The largest absolute Gasteiger partial charge is 0.467 e. The summed E-state index contributed by atoms with van der Waals surface area (Å²) in [5.41, 5.74) is 0.968. The number of esters is 1. The van der Waals surface area contributed by atoms with E-state index in [9.17, 15) is 9.59 Å². The van der Waals surface area contributed by atoms with Gasteiger partial charge in [0.2, 0.25) is 0 Å². The van der Waals surface area contributed by atoms with E-state index in [1.807, 2.05) is 6.07 Å². The summed E-state index contributed by atoms with van der Waals surface area (Å²) >= 11 is 0. The van der Waals surface area contributed by atoms with Crippen LogP contribution in [0.4, 0.5) is 5.69 Å². The molecule has 1 aromatic heterocycles. The summed E-state index contributed by atoms with van der Waals surface area (Å²) in [4.78, 5) is 23.6. The zero-order valence-electron chi connectivity index (χ0n) is 12.6. The van der Waals surface area contributed by atoms with Crippen LogP contribution in [0.15, 0.2) is 59.7 Å². The molecule has 0 saturated heterocycles. The lowest BCUT2D eigenvalue weighted by Gasteiger charge is -2.11. The van der Waals surface area contributed by atoms with E-state index < -0.39 is 5.97 Å². The van der Waals surface area contributed by atoms with Gasteiger partial charge in [0.05, 0.1) is 18.4 Å². The molecular weight excluding hydrogens is 296 g/mol. The molecule has 2 rings (SSSR count). The van der Waals surface area contributed by atoms with Crippen LogP contribution >= 0.6 is 0 Å². The predicted octanol–water partition coefficient (Wildman–Crippen LogP) is 2.35. The van der Waals surface area contributed by atoms with Gasteiger partial charge in [-0.2, -0.15) is 0 Å². The third-order valence-electron chi connectivity index (χ3n) is 2.96. The highest BCUT2D eigenvalue weighted by molar-refractivity contribution is 5.96. The minimum Gasteiger partial charge on any atom is -0.467 e. The number of hydrogen-bond acceptors (Lipinski definition) is 5. The Balaban J connectivity index is 1.94. The van der Waals surface area contributed by atoms with Crippen LogP contribution in [0, 0.1) is 0 Å².